The first-order chi connectivity index (χ1) is 15.6. The van der Waals surface area contributed by atoms with E-state index in [1.807, 2.05) is 10.7 Å². The maximum absolute atomic E-state index is 4.90. The summed E-state index contributed by atoms with van der Waals surface area (Å²) in [5.74, 6) is 1.79. The zero-order valence-electron chi connectivity index (χ0n) is 19.3. The number of benzene rings is 1. The van der Waals surface area contributed by atoms with E-state index in [2.05, 4.69) is 59.2 Å². The SMILES string of the molecule is CC(C)c1cnn2c3nc(nc12)NCC1(CCCCc2ccccc2CN3)CCCNC1. The second-order valence-electron chi connectivity index (χ2n) is 9.82. The van der Waals surface area contributed by atoms with E-state index >= 15 is 0 Å². The fourth-order valence-corrected chi connectivity index (χ4v) is 5.21. The summed E-state index contributed by atoms with van der Waals surface area (Å²) < 4.78 is 1.85. The van der Waals surface area contributed by atoms with Crippen LogP contribution in [0.15, 0.2) is 30.5 Å². The number of piperidine rings is 1. The molecule has 2 aliphatic rings. The number of fused-ring (bicyclic) bond motifs is 5. The van der Waals surface area contributed by atoms with Crippen LogP contribution in [0.25, 0.3) is 5.65 Å². The van der Waals surface area contributed by atoms with E-state index in [0.717, 1.165) is 49.8 Å². The van der Waals surface area contributed by atoms with E-state index in [1.54, 1.807) is 0 Å². The lowest BCUT2D eigenvalue weighted by atomic mass is 9.76. The largest absolute Gasteiger partial charge is 0.353 e. The van der Waals surface area contributed by atoms with Crippen LogP contribution >= 0.6 is 0 Å². The Morgan fingerprint density at radius 3 is 2.62 bits per heavy atom. The fourth-order valence-electron chi connectivity index (χ4n) is 5.21. The third-order valence-corrected chi connectivity index (χ3v) is 7.16. The van der Waals surface area contributed by atoms with Crippen LogP contribution in [0.5, 0.6) is 0 Å². The minimum absolute atomic E-state index is 0.256. The molecule has 0 saturated carbocycles. The van der Waals surface area contributed by atoms with Gasteiger partial charge >= 0.3 is 0 Å². The Kier molecular flexibility index (Phi) is 6.00. The molecule has 3 N–H and O–H groups in total. The number of anilines is 2. The van der Waals surface area contributed by atoms with E-state index in [9.17, 15) is 0 Å². The quantitative estimate of drug-likeness (QED) is 0.529. The first-order valence-corrected chi connectivity index (χ1v) is 12.1. The lowest BCUT2D eigenvalue weighted by Gasteiger charge is -2.38. The molecular formula is C25H35N7. The van der Waals surface area contributed by atoms with Crippen LogP contribution in [0.3, 0.4) is 0 Å². The average Bonchev–Trinajstić information content (AvgIpc) is 3.24. The van der Waals surface area contributed by atoms with Gasteiger partial charge in [-0.2, -0.15) is 19.6 Å². The van der Waals surface area contributed by atoms with Gasteiger partial charge in [0.25, 0.3) is 0 Å². The minimum atomic E-state index is 0.256. The van der Waals surface area contributed by atoms with Crippen LogP contribution in [0.2, 0.25) is 0 Å². The Morgan fingerprint density at radius 2 is 1.81 bits per heavy atom. The van der Waals surface area contributed by atoms with E-state index < -0.39 is 0 Å². The molecule has 1 spiro atoms. The van der Waals surface area contributed by atoms with Crippen molar-refractivity contribution in [1.82, 2.24) is 24.9 Å². The molecule has 2 aliphatic heterocycles. The van der Waals surface area contributed by atoms with Crippen molar-refractivity contribution in [3.8, 4) is 0 Å². The van der Waals surface area contributed by atoms with E-state index in [1.165, 1.54) is 43.2 Å². The summed E-state index contributed by atoms with van der Waals surface area (Å²) in [6, 6.07) is 8.77. The second kappa shape index (κ2) is 9.06. The molecule has 170 valence electrons. The molecule has 32 heavy (non-hydrogen) atoms. The third kappa shape index (κ3) is 4.31. The second-order valence-corrected chi connectivity index (χ2v) is 9.82. The van der Waals surface area contributed by atoms with Gasteiger partial charge in [0, 0.05) is 30.6 Å². The van der Waals surface area contributed by atoms with Crippen LogP contribution < -0.4 is 16.0 Å². The molecule has 1 atom stereocenters. The van der Waals surface area contributed by atoms with Crippen LogP contribution in [0.4, 0.5) is 11.9 Å². The van der Waals surface area contributed by atoms with Crippen molar-refractivity contribution in [2.45, 2.75) is 64.8 Å². The summed E-state index contributed by atoms with van der Waals surface area (Å²) in [6.45, 7) is 8.19. The molecule has 4 heterocycles. The predicted molar refractivity (Wildman–Crippen MR) is 129 cm³/mol. The number of nitrogens with one attached hydrogen (secondary N) is 3. The van der Waals surface area contributed by atoms with Gasteiger partial charge in [-0.25, -0.2) is 0 Å². The highest BCUT2D eigenvalue weighted by Gasteiger charge is 2.32. The lowest BCUT2D eigenvalue weighted by Crippen LogP contribution is -2.44. The van der Waals surface area contributed by atoms with Gasteiger partial charge in [-0.1, -0.05) is 44.5 Å². The third-order valence-electron chi connectivity index (χ3n) is 7.16. The molecule has 2 aromatic heterocycles. The minimum Gasteiger partial charge on any atom is -0.353 e. The van der Waals surface area contributed by atoms with Crippen molar-refractivity contribution < 1.29 is 0 Å². The molecular weight excluding hydrogens is 398 g/mol. The first-order valence-electron chi connectivity index (χ1n) is 12.1. The van der Waals surface area contributed by atoms with Crippen molar-refractivity contribution in [1.29, 1.82) is 0 Å². The number of aromatic nitrogens is 4. The van der Waals surface area contributed by atoms with Crippen molar-refractivity contribution >= 4 is 17.5 Å². The summed E-state index contributed by atoms with van der Waals surface area (Å²) in [7, 11) is 0. The summed E-state index contributed by atoms with van der Waals surface area (Å²) in [4.78, 5) is 9.76. The van der Waals surface area contributed by atoms with E-state index in [4.69, 9.17) is 9.97 Å². The number of rotatable bonds is 1. The molecule has 0 radical (unpaired) electrons. The van der Waals surface area contributed by atoms with Gasteiger partial charge in [-0.3, -0.25) is 0 Å². The maximum atomic E-state index is 4.90. The molecule has 1 unspecified atom stereocenters. The molecule has 1 aromatic carbocycles. The first kappa shape index (κ1) is 21.2. The number of aryl methyl sites for hydroxylation is 1. The normalized spacial score (nSPS) is 22.2. The highest BCUT2D eigenvalue weighted by Crippen LogP contribution is 2.33. The molecule has 1 saturated heterocycles. The van der Waals surface area contributed by atoms with Crippen LogP contribution in [-0.4, -0.2) is 39.2 Å². The summed E-state index contributed by atoms with van der Waals surface area (Å²) in [5.41, 5.74) is 5.05. The standard InChI is InChI=1S/C25H35N7/c1-18(2)21-15-29-32-22(21)30-23-28-17-25(12-7-13-26-16-25)11-6-5-9-19-8-3-4-10-20(19)14-27-24(32)31-23/h3-4,8,10,15,18,26H,5-7,9,11-14,16-17H2,1-2H3,(H2,27,28,30,31). The average molecular weight is 434 g/mol. The molecule has 7 nitrogen and oxygen atoms in total. The van der Waals surface area contributed by atoms with Crippen molar-refractivity contribution in [2.75, 3.05) is 30.3 Å². The van der Waals surface area contributed by atoms with E-state index in [0.29, 0.717) is 11.9 Å². The Bertz CT molecular complexity index is 1070. The highest BCUT2D eigenvalue weighted by atomic mass is 15.4. The molecule has 2 bridgehead atoms. The van der Waals surface area contributed by atoms with Crippen LogP contribution in [0, 0.1) is 5.41 Å². The van der Waals surface area contributed by atoms with Crippen LogP contribution in [0.1, 0.15) is 68.6 Å². The Balaban J connectivity index is 1.55. The molecule has 0 aliphatic carbocycles. The Labute approximate surface area is 190 Å². The topological polar surface area (TPSA) is 79.2 Å². The maximum Gasteiger partial charge on any atom is 0.229 e. The molecule has 5 rings (SSSR count). The number of hydrogen-bond donors (Lipinski definition) is 3. The van der Waals surface area contributed by atoms with Crippen LogP contribution in [-0.2, 0) is 13.0 Å². The molecule has 1 fully saturated rings. The van der Waals surface area contributed by atoms with Crippen molar-refractivity contribution in [3.05, 3.63) is 47.2 Å². The highest BCUT2D eigenvalue weighted by molar-refractivity contribution is 5.56. The van der Waals surface area contributed by atoms with Gasteiger partial charge in [0.15, 0.2) is 5.65 Å². The number of hydrogen-bond acceptors (Lipinski definition) is 6. The fraction of sp³-hybridized carbons (Fsp3) is 0.560. The summed E-state index contributed by atoms with van der Waals surface area (Å²) in [5, 5.41) is 15.4. The smallest absolute Gasteiger partial charge is 0.229 e. The van der Waals surface area contributed by atoms with Gasteiger partial charge in [-0.05, 0) is 55.7 Å². The summed E-state index contributed by atoms with van der Waals surface area (Å²) in [6.07, 6.45) is 9.24. The number of nitrogens with zero attached hydrogens (tertiary/aromatic N) is 4. The zero-order chi connectivity index (χ0) is 22.0. The van der Waals surface area contributed by atoms with Crippen molar-refractivity contribution in [2.24, 2.45) is 5.41 Å². The monoisotopic (exact) mass is 433 g/mol. The zero-order valence-corrected chi connectivity index (χ0v) is 19.3. The summed E-state index contributed by atoms with van der Waals surface area (Å²) >= 11 is 0. The van der Waals surface area contributed by atoms with Crippen molar-refractivity contribution in [3.63, 3.8) is 0 Å². The van der Waals surface area contributed by atoms with Gasteiger partial charge < -0.3 is 16.0 Å². The van der Waals surface area contributed by atoms with Gasteiger partial charge in [0.1, 0.15) is 0 Å². The van der Waals surface area contributed by atoms with Gasteiger partial charge in [0.2, 0.25) is 11.9 Å². The Hall–Kier alpha value is -2.67. The van der Waals surface area contributed by atoms with Gasteiger partial charge in [0.05, 0.1) is 6.20 Å². The predicted octanol–water partition coefficient (Wildman–Crippen LogP) is 4.37. The molecule has 0 amide bonds. The van der Waals surface area contributed by atoms with Gasteiger partial charge in [-0.15, -0.1) is 0 Å². The molecule has 3 aromatic rings. The Morgan fingerprint density at radius 1 is 0.969 bits per heavy atom. The van der Waals surface area contributed by atoms with E-state index in [-0.39, 0.29) is 5.41 Å². The lowest BCUT2D eigenvalue weighted by molar-refractivity contribution is 0.201. The molecule has 7 heteroatoms.